The van der Waals surface area contributed by atoms with Crippen LogP contribution in [0.25, 0.3) is 0 Å². The summed E-state index contributed by atoms with van der Waals surface area (Å²) in [6.07, 6.45) is 5.39. The van der Waals surface area contributed by atoms with E-state index >= 15 is 0 Å². The van der Waals surface area contributed by atoms with E-state index in [1.807, 2.05) is 20.8 Å². The second-order valence-corrected chi connectivity index (χ2v) is 5.35. The van der Waals surface area contributed by atoms with E-state index in [1.165, 1.54) is 0 Å². The summed E-state index contributed by atoms with van der Waals surface area (Å²) >= 11 is 0. The molecule has 0 saturated heterocycles. The highest BCUT2D eigenvalue weighted by Gasteiger charge is 2.20. The third-order valence-electron chi connectivity index (χ3n) is 3.14. The number of hydrogen-bond acceptors (Lipinski definition) is 5. The molecule has 0 aromatic carbocycles. The van der Waals surface area contributed by atoms with Crippen LogP contribution in [-0.2, 0) is 23.8 Å². The first-order chi connectivity index (χ1) is 10.7. The molecule has 5 heteroatoms. The van der Waals surface area contributed by atoms with Crippen LogP contribution in [0.5, 0.6) is 0 Å². The molecular weight excluding hydrogens is 284 g/mol. The van der Waals surface area contributed by atoms with Crippen LogP contribution in [0.4, 0.5) is 0 Å². The van der Waals surface area contributed by atoms with Gasteiger partial charge in [0.15, 0.2) is 6.10 Å². The van der Waals surface area contributed by atoms with Gasteiger partial charge in [0.2, 0.25) is 0 Å². The summed E-state index contributed by atoms with van der Waals surface area (Å²) in [6, 6.07) is 0. The number of ether oxygens (including phenoxy) is 3. The van der Waals surface area contributed by atoms with Crippen molar-refractivity contribution in [2.45, 2.75) is 78.2 Å². The van der Waals surface area contributed by atoms with E-state index in [0.717, 1.165) is 32.1 Å². The molecule has 0 bridgehead atoms. The monoisotopic (exact) mass is 316 g/mol. The van der Waals surface area contributed by atoms with Crippen molar-refractivity contribution >= 4 is 11.9 Å². The van der Waals surface area contributed by atoms with Crippen LogP contribution in [-0.4, -0.2) is 37.9 Å². The molecular formula is C17H32O5. The van der Waals surface area contributed by atoms with Gasteiger partial charge >= 0.3 is 11.9 Å². The Morgan fingerprint density at radius 3 is 2.05 bits per heavy atom. The smallest absolute Gasteiger partial charge is 0.335 e. The first-order valence-electron chi connectivity index (χ1n) is 8.59. The molecule has 1 atom stereocenters. The van der Waals surface area contributed by atoms with Gasteiger partial charge in [-0.25, -0.2) is 4.79 Å². The molecule has 22 heavy (non-hydrogen) atoms. The van der Waals surface area contributed by atoms with E-state index in [-0.39, 0.29) is 11.9 Å². The lowest BCUT2D eigenvalue weighted by Gasteiger charge is -2.16. The van der Waals surface area contributed by atoms with Crippen LogP contribution in [0.3, 0.4) is 0 Å². The summed E-state index contributed by atoms with van der Waals surface area (Å²) in [5.74, 6) is -0.525. The van der Waals surface area contributed by atoms with Crippen LogP contribution in [0.2, 0.25) is 0 Å². The lowest BCUT2D eigenvalue weighted by molar-refractivity contribution is -0.158. The first-order valence-corrected chi connectivity index (χ1v) is 8.59. The Kier molecular flexibility index (Phi) is 14.1. The Labute approximate surface area is 134 Å². The fourth-order valence-electron chi connectivity index (χ4n) is 1.77. The lowest BCUT2D eigenvalue weighted by atomic mass is 10.1. The maximum Gasteiger partial charge on any atom is 0.335 e. The molecule has 0 radical (unpaired) electrons. The van der Waals surface area contributed by atoms with Gasteiger partial charge in [-0.1, -0.05) is 33.6 Å². The molecule has 0 amide bonds. The lowest BCUT2D eigenvalue weighted by Crippen LogP contribution is -2.27. The summed E-state index contributed by atoms with van der Waals surface area (Å²) in [5.41, 5.74) is 0. The number of carbonyl (C=O) groups excluding carboxylic acids is 2. The average molecular weight is 316 g/mol. The van der Waals surface area contributed by atoms with Crippen molar-refractivity contribution in [3.05, 3.63) is 0 Å². The minimum absolute atomic E-state index is 0.206. The molecule has 0 heterocycles. The molecule has 0 rings (SSSR count). The van der Waals surface area contributed by atoms with Crippen molar-refractivity contribution in [2.24, 2.45) is 0 Å². The number of hydrogen-bond donors (Lipinski definition) is 0. The van der Waals surface area contributed by atoms with Crippen LogP contribution < -0.4 is 0 Å². The third-order valence-corrected chi connectivity index (χ3v) is 3.14. The predicted molar refractivity (Wildman–Crippen MR) is 85.6 cm³/mol. The zero-order valence-corrected chi connectivity index (χ0v) is 14.4. The van der Waals surface area contributed by atoms with Gasteiger partial charge < -0.3 is 14.2 Å². The standard InChI is InChI=1S/C17H32O5/c1-4-7-13-21-16(18)11-9-10-15(20-12-6-3)17(19)22-14-8-5-2/h15H,4-14H2,1-3H3. The van der Waals surface area contributed by atoms with Crippen molar-refractivity contribution in [3.8, 4) is 0 Å². The molecule has 1 unspecified atom stereocenters. The highest BCUT2D eigenvalue weighted by molar-refractivity contribution is 5.75. The number of carbonyl (C=O) groups is 2. The predicted octanol–water partition coefficient (Wildman–Crippen LogP) is 3.64. The fraction of sp³-hybridized carbons (Fsp3) is 0.882. The van der Waals surface area contributed by atoms with Gasteiger partial charge in [-0.05, 0) is 32.1 Å². The Morgan fingerprint density at radius 1 is 0.818 bits per heavy atom. The Balaban J connectivity index is 4.01. The van der Waals surface area contributed by atoms with Gasteiger partial charge in [-0.2, -0.15) is 0 Å². The largest absolute Gasteiger partial charge is 0.466 e. The van der Waals surface area contributed by atoms with Crippen molar-refractivity contribution in [3.63, 3.8) is 0 Å². The van der Waals surface area contributed by atoms with Crippen molar-refractivity contribution in [1.29, 1.82) is 0 Å². The second-order valence-electron chi connectivity index (χ2n) is 5.35. The summed E-state index contributed by atoms with van der Waals surface area (Å²) in [4.78, 5) is 23.5. The number of esters is 2. The highest BCUT2D eigenvalue weighted by Crippen LogP contribution is 2.09. The SMILES string of the molecule is CCCCOC(=O)CCCC(OCCC)C(=O)OCCCC. The Hall–Kier alpha value is -1.10. The molecule has 0 aromatic heterocycles. The van der Waals surface area contributed by atoms with Crippen LogP contribution in [0.1, 0.15) is 72.1 Å². The molecule has 130 valence electrons. The van der Waals surface area contributed by atoms with E-state index in [0.29, 0.717) is 39.1 Å². The summed E-state index contributed by atoms with van der Waals surface area (Å²) in [6.45, 7) is 7.51. The summed E-state index contributed by atoms with van der Waals surface area (Å²) in [5, 5.41) is 0. The number of unbranched alkanes of at least 4 members (excludes halogenated alkanes) is 2. The van der Waals surface area contributed by atoms with Crippen molar-refractivity contribution in [1.82, 2.24) is 0 Å². The molecule has 0 aliphatic rings. The maximum absolute atomic E-state index is 11.9. The maximum atomic E-state index is 11.9. The molecule has 0 spiro atoms. The molecule has 0 fully saturated rings. The van der Waals surface area contributed by atoms with E-state index in [9.17, 15) is 9.59 Å². The normalized spacial score (nSPS) is 12.0. The van der Waals surface area contributed by atoms with Crippen molar-refractivity contribution < 1.29 is 23.8 Å². The van der Waals surface area contributed by atoms with Gasteiger partial charge in [-0.15, -0.1) is 0 Å². The summed E-state index contributed by atoms with van der Waals surface area (Å²) in [7, 11) is 0. The Bertz CT molecular complexity index is 291. The van der Waals surface area contributed by atoms with E-state index in [1.54, 1.807) is 0 Å². The van der Waals surface area contributed by atoms with Crippen LogP contribution in [0.15, 0.2) is 0 Å². The third kappa shape index (κ3) is 11.5. The van der Waals surface area contributed by atoms with Gasteiger partial charge in [-0.3, -0.25) is 4.79 Å². The number of rotatable bonds is 14. The zero-order valence-electron chi connectivity index (χ0n) is 14.4. The van der Waals surface area contributed by atoms with Gasteiger partial charge in [0.05, 0.1) is 13.2 Å². The quantitative estimate of drug-likeness (QED) is 0.362. The van der Waals surface area contributed by atoms with Gasteiger partial charge in [0.1, 0.15) is 0 Å². The average Bonchev–Trinajstić information content (AvgIpc) is 2.51. The summed E-state index contributed by atoms with van der Waals surface area (Å²) < 4.78 is 15.8. The van der Waals surface area contributed by atoms with Gasteiger partial charge in [0, 0.05) is 13.0 Å². The Morgan fingerprint density at radius 2 is 1.45 bits per heavy atom. The van der Waals surface area contributed by atoms with Gasteiger partial charge in [0.25, 0.3) is 0 Å². The van der Waals surface area contributed by atoms with E-state index in [2.05, 4.69) is 0 Å². The highest BCUT2D eigenvalue weighted by atomic mass is 16.6. The minimum atomic E-state index is -0.569. The molecule has 0 saturated carbocycles. The molecule has 5 nitrogen and oxygen atoms in total. The molecule has 0 N–H and O–H groups in total. The van der Waals surface area contributed by atoms with Crippen molar-refractivity contribution in [2.75, 3.05) is 19.8 Å². The topological polar surface area (TPSA) is 61.8 Å². The van der Waals surface area contributed by atoms with Crippen LogP contribution >= 0.6 is 0 Å². The van der Waals surface area contributed by atoms with E-state index in [4.69, 9.17) is 14.2 Å². The fourth-order valence-corrected chi connectivity index (χ4v) is 1.77. The van der Waals surface area contributed by atoms with Crippen LogP contribution in [0, 0.1) is 0 Å². The second kappa shape index (κ2) is 14.8. The molecule has 0 aliphatic carbocycles. The first kappa shape index (κ1) is 20.9. The van der Waals surface area contributed by atoms with E-state index < -0.39 is 6.10 Å². The molecule has 0 aliphatic heterocycles. The minimum Gasteiger partial charge on any atom is -0.466 e. The molecule has 0 aromatic rings. The zero-order chi connectivity index (χ0) is 16.6.